The molecule has 1 atom stereocenters. The van der Waals surface area contributed by atoms with E-state index in [2.05, 4.69) is 0 Å². The van der Waals surface area contributed by atoms with Crippen LogP contribution in [0.5, 0.6) is 0 Å². The van der Waals surface area contributed by atoms with Crippen LogP contribution < -0.4 is 5.73 Å². The summed E-state index contributed by atoms with van der Waals surface area (Å²) >= 11 is 0. The van der Waals surface area contributed by atoms with E-state index in [1.807, 2.05) is 6.92 Å². The minimum absolute atomic E-state index is 0.0642. The normalized spacial score (nSPS) is 20.4. The molecule has 0 bridgehead atoms. The van der Waals surface area contributed by atoms with Gasteiger partial charge in [0.2, 0.25) is 5.91 Å². The number of hydrogen-bond acceptors (Lipinski definition) is 3. The van der Waals surface area contributed by atoms with Gasteiger partial charge in [-0.3, -0.25) is 4.79 Å². The van der Waals surface area contributed by atoms with Gasteiger partial charge in [-0.15, -0.1) is 0 Å². The summed E-state index contributed by atoms with van der Waals surface area (Å²) in [5, 5.41) is 8.70. The highest BCUT2D eigenvalue weighted by molar-refractivity contribution is 5.77. The number of amides is 1. The molecule has 1 amide bonds. The maximum absolute atomic E-state index is 11.3. The molecule has 0 aromatic rings. The van der Waals surface area contributed by atoms with Gasteiger partial charge in [-0.1, -0.05) is 0 Å². The first-order chi connectivity index (χ1) is 5.63. The summed E-state index contributed by atoms with van der Waals surface area (Å²) in [6.07, 6.45) is 0.415. The molecule has 3 N–H and O–H groups in total. The van der Waals surface area contributed by atoms with Gasteiger partial charge in [0.05, 0.1) is 0 Å². The molecule has 1 aliphatic rings. The van der Waals surface area contributed by atoms with Crippen LogP contribution in [0.25, 0.3) is 0 Å². The molecule has 1 aliphatic heterocycles. The van der Waals surface area contributed by atoms with E-state index in [1.54, 1.807) is 4.90 Å². The monoisotopic (exact) mass is 172 g/mol. The van der Waals surface area contributed by atoms with Crippen LogP contribution >= 0.6 is 0 Å². The molecule has 0 aliphatic carbocycles. The van der Waals surface area contributed by atoms with E-state index in [0.29, 0.717) is 25.4 Å². The second kappa shape index (κ2) is 3.87. The molecule has 1 saturated heterocycles. The standard InChI is InChI=1S/C8H16N2O2/c1-6(9)2-8(12)10-3-7(4-10)5-11/h6-7,11H,2-5,9H2,1H3. The van der Waals surface area contributed by atoms with Crippen molar-refractivity contribution >= 4 is 5.91 Å². The quantitative estimate of drug-likeness (QED) is 0.584. The summed E-state index contributed by atoms with van der Waals surface area (Å²) in [5.74, 6) is 0.400. The molecule has 0 spiro atoms. The fourth-order valence-electron chi connectivity index (χ4n) is 1.29. The van der Waals surface area contributed by atoms with E-state index in [0.717, 1.165) is 0 Å². The van der Waals surface area contributed by atoms with Crippen LogP contribution in [-0.4, -0.2) is 41.7 Å². The summed E-state index contributed by atoms with van der Waals surface area (Å²) in [6, 6.07) is -0.0642. The van der Waals surface area contributed by atoms with Crippen LogP contribution in [-0.2, 0) is 4.79 Å². The smallest absolute Gasteiger partial charge is 0.224 e. The van der Waals surface area contributed by atoms with E-state index in [1.165, 1.54) is 0 Å². The van der Waals surface area contributed by atoms with Gasteiger partial charge in [-0.2, -0.15) is 0 Å². The highest BCUT2D eigenvalue weighted by atomic mass is 16.3. The maximum Gasteiger partial charge on any atom is 0.224 e. The van der Waals surface area contributed by atoms with Crippen molar-refractivity contribution in [2.75, 3.05) is 19.7 Å². The molecular formula is C8H16N2O2. The molecule has 70 valence electrons. The number of aliphatic hydroxyl groups excluding tert-OH is 1. The molecule has 1 heterocycles. The second-order valence-corrected chi connectivity index (χ2v) is 3.53. The van der Waals surface area contributed by atoms with Crippen LogP contribution in [0.1, 0.15) is 13.3 Å². The third-order valence-electron chi connectivity index (χ3n) is 2.06. The Kier molecular flexibility index (Phi) is 3.05. The number of rotatable bonds is 3. The van der Waals surface area contributed by atoms with Crippen molar-refractivity contribution < 1.29 is 9.90 Å². The first kappa shape index (κ1) is 9.48. The first-order valence-electron chi connectivity index (χ1n) is 4.27. The topological polar surface area (TPSA) is 66.6 Å². The Bertz CT molecular complexity index is 164. The van der Waals surface area contributed by atoms with Gasteiger partial charge >= 0.3 is 0 Å². The van der Waals surface area contributed by atoms with Crippen molar-refractivity contribution in [3.8, 4) is 0 Å². The maximum atomic E-state index is 11.3. The Labute approximate surface area is 72.3 Å². The summed E-state index contributed by atoms with van der Waals surface area (Å²) in [7, 11) is 0. The first-order valence-corrected chi connectivity index (χ1v) is 4.27. The SMILES string of the molecule is CC(N)CC(=O)N1CC(CO)C1. The number of nitrogens with zero attached hydrogens (tertiary/aromatic N) is 1. The Morgan fingerprint density at radius 2 is 2.33 bits per heavy atom. The lowest BCUT2D eigenvalue weighted by molar-refractivity contribution is -0.138. The van der Waals surface area contributed by atoms with Gasteiger partial charge in [0.1, 0.15) is 0 Å². The summed E-state index contributed by atoms with van der Waals surface area (Å²) < 4.78 is 0. The molecule has 1 rings (SSSR count). The number of carbonyl (C=O) groups is 1. The number of likely N-dealkylation sites (tertiary alicyclic amines) is 1. The predicted octanol–water partition coefficient (Wildman–Crippen LogP) is -0.826. The minimum Gasteiger partial charge on any atom is -0.396 e. The minimum atomic E-state index is -0.0642. The summed E-state index contributed by atoms with van der Waals surface area (Å²) in [6.45, 7) is 3.40. The molecule has 4 heteroatoms. The molecule has 1 fully saturated rings. The largest absolute Gasteiger partial charge is 0.396 e. The highest BCUT2D eigenvalue weighted by Gasteiger charge is 2.29. The Hall–Kier alpha value is -0.610. The molecule has 1 unspecified atom stereocenters. The van der Waals surface area contributed by atoms with Crippen molar-refractivity contribution in [3.63, 3.8) is 0 Å². The molecular weight excluding hydrogens is 156 g/mol. The number of carbonyl (C=O) groups excluding carboxylic acids is 1. The summed E-state index contributed by atoms with van der Waals surface area (Å²) in [4.78, 5) is 13.0. The van der Waals surface area contributed by atoms with E-state index in [9.17, 15) is 4.79 Å². The number of nitrogens with two attached hydrogens (primary N) is 1. The Balaban J connectivity index is 2.19. The van der Waals surface area contributed by atoms with Gasteiger partial charge in [0.15, 0.2) is 0 Å². The molecule has 4 nitrogen and oxygen atoms in total. The van der Waals surface area contributed by atoms with Crippen molar-refractivity contribution in [1.29, 1.82) is 0 Å². The molecule has 0 radical (unpaired) electrons. The van der Waals surface area contributed by atoms with Crippen molar-refractivity contribution in [2.45, 2.75) is 19.4 Å². The van der Waals surface area contributed by atoms with Crippen LogP contribution in [0.15, 0.2) is 0 Å². The molecule has 0 aromatic heterocycles. The number of aliphatic hydroxyl groups is 1. The zero-order valence-electron chi connectivity index (χ0n) is 7.36. The van der Waals surface area contributed by atoms with Crippen LogP contribution in [0.2, 0.25) is 0 Å². The molecule has 12 heavy (non-hydrogen) atoms. The fraction of sp³-hybridized carbons (Fsp3) is 0.875. The summed E-state index contributed by atoms with van der Waals surface area (Å²) in [5.41, 5.74) is 5.48. The van der Waals surface area contributed by atoms with Crippen molar-refractivity contribution in [1.82, 2.24) is 4.90 Å². The third-order valence-corrected chi connectivity index (χ3v) is 2.06. The van der Waals surface area contributed by atoms with Gasteiger partial charge in [0.25, 0.3) is 0 Å². The second-order valence-electron chi connectivity index (χ2n) is 3.53. The number of hydrogen-bond donors (Lipinski definition) is 2. The third kappa shape index (κ3) is 2.19. The average molecular weight is 172 g/mol. The zero-order valence-corrected chi connectivity index (χ0v) is 7.36. The van der Waals surface area contributed by atoms with Gasteiger partial charge in [-0.25, -0.2) is 0 Å². The van der Waals surface area contributed by atoms with E-state index >= 15 is 0 Å². The lowest BCUT2D eigenvalue weighted by Crippen LogP contribution is -2.52. The zero-order chi connectivity index (χ0) is 9.14. The average Bonchev–Trinajstić information content (AvgIpc) is 1.82. The Morgan fingerprint density at radius 1 is 1.75 bits per heavy atom. The van der Waals surface area contributed by atoms with E-state index in [4.69, 9.17) is 10.8 Å². The lowest BCUT2D eigenvalue weighted by Gasteiger charge is -2.38. The highest BCUT2D eigenvalue weighted by Crippen LogP contribution is 2.15. The van der Waals surface area contributed by atoms with Gasteiger partial charge < -0.3 is 15.7 Å². The Morgan fingerprint density at radius 3 is 2.75 bits per heavy atom. The van der Waals surface area contributed by atoms with Crippen LogP contribution in [0.4, 0.5) is 0 Å². The van der Waals surface area contributed by atoms with Crippen molar-refractivity contribution in [2.24, 2.45) is 11.7 Å². The molecule has 0 saturated carbocycles. The van der Waals surface area contributed by atoms with E-state index in [-0.39, 0.29) is 18.6 Å². The van der Waals surface area contributed by atoms with Crippen molar-refractivity contribution in [3.05, 3.63) is 0 Å². The fourth-order valence-corrected chi connectivity index (χ4v) is 1.29. The van der Waals surface area contributed by atoms with E-state index < -0.39 is 0 Å². The van der Waals surface area contributed by atoms with Crippen LogP contribution in [0.3, 0.4) is 0 Å². The predicted molar refractivity (Wildman–Crippen MR) is 45.4 cm³/mol. The van der Waals surface area contributed by atoms with Crippen LogP contribution in [0, 0.1) is 5.92 Å². The molecule has 0 aromatic carbocycles. The lowest BCUT2D eigenvalue weighted by atomic mass is 10.0. The van der Waals surface area contributed by atoms with Gasteiger partial charge in [0, 0.05) is 38.1 Å². The van der Waals surface area contributed by atoms with Gasteiger partial charge in [-0.05, 0) is 6.92 Å².